The number of methoxy groups -OCH3 is 1. The summed E-state index contributed by atoms with van der Waals surface area (Å²) in [6, 6.07) is 14.5. The topological polar surface area (TPSA) is 58.6 Å². The van der Waals surface area contributed by atoms with E-state index < -0.39 is 0 Å². The minimum absolute atomic E-state index is 0.149. The van der Waals surface area contributed by atoms with E-state index in [2.05, 4.69) is 5.32 Å². The Balaban J connectivity index is 1.84. The summed E-state index contributed by atoms with van der Waals surface area (Å²) in [5.41, 5.74) is 2.19. The van der Waals surface area contributed by atoms with Crippen molar-refractivity contribution in [3.05, 3.63) is 59.0 Å². The third-order valence-corrected chi connectivity index (χ3v) is 4.93. The number of thiocarbonyl (C=S) groups is 1. The van der Waals surface area contributed by atoms with E-state index in [9.17, 15) is 9.59 Å². The average molecular weight is 384 g/mol. The summed E-state index contributed by atoms with van der Waals surface area (Å²) in [6.07, 6.45) is 1.80. The monoisotopic (exact) mass is 384 g/mol. The van der Waals surface area contributed by atoms with Gasteiger partial charge in [-0.3, -0.25) is 14.5 Å². The fraction of sp³-hybridized carbons (Fsp3) is 0.105. The standard InChI is InChI=1S/C19H16N2O3S2/c1-12(22)20-14-6-8-15(9-7-14)21-18(23)17(26-19(21)25)11-13-4-3-5-16(10-13)24-2/h3-11H,1-2H3,(H,20,22)/b17-11+. The summed E-state index contributed by atoms with van der Waals surface area (Å²) in [6.45, 7) is 1.44. The number of carbonyl (C=O) groups excluding carboxylic acids is 2. The summed E-state index contributed by atoms with van der Waals surface area (Å²) < 4.78 is 5.68. The molecule has 0 aliphatic carbocycles. The van der Waals surface area contributed by atoms with Gasteiger partial charge in [-0.15, -0.1) is 0 Å². The van der Waals surface area contributed by atoms with E-state index in [0.29, 0.717) is 20.6 Å². The maximum atomic E-state index is 12.8. The quantitative estimate of drug-likeness (QED) is 0.636. The van der Waals surface area contributed by atoms with Crippen molar-refractivity contribution < 1.29 is 14.3 Å². The van der Waals surface area contributed by atoms with Crippen LogP contribution >= 0.6 is 24.0 Å². The molecule has 0 bridgehead atoms. The molecule has 1 fully saturated rings. The lowest BCUT2D eigenvalue weighted by atomic mass is 10.2. The predicted molar refractivity (Wildman–Crippen MR) is 109 cm³/mol. The zero-order chi connectivity index (χ0) is 18.7. The average Bonchev–Trinajstić information content (AvgIpc) is 2.89. The minimum atomic E-state index is -0.171. The molecular formula is C19H16N2O3S2. The van der Waals surface area contributed by atoms with Crippen molar-refractivity contribution in [1.82, 2.24) is 0 Å². The zero-order valence-corrected chi connectivity index (χ0v) is 15.8. The van der Waals surface area contributed by atoms with Gasteiger partial charge in [-0.2, -0.15) is 0 Å². The van der Waals surface area contributed by atoms with Gasteiger partial charge < -0.3 is 10.1 Å². The Morgan fingerprint density at radius 2 is 1.96 bits per heavy atom. The molecule has 1 heterocycles. The Kier molecular flexibility index (Phi) is 5.39. The number of nitrogens with one attached hydrogen (secondary N) is 1. The molecule has 1 aliphatic heterocycles. The van der Waals surface area contributed by atoms with Gasteiger partial charge in [0.1, 0.15) is 5.75 Å². The summed E-state index contributed by atoms with van der Waals surface area (Å²) in [5.74, 6) is 0.405. The molecule has 0 atom stereocenters. The molecule has 0 radical (unpaired) electrons. The van der Waals surface area contributed by atoms with E-state index >= 15 is 0 Å². The Labute approximate surface area is 161 Å². The number of hydrogen-bond donors (Lipinski definition) is 1. The lowest BCUT2D eigenvalue weighted by molar-refractivity contribution is -0.114. The largest absolute Gasteiger partial charge is 0.497 e. The van der Waals surface area contributed by atoms with Crippen LogP contribution < -0.4 is 15.0 Å². The number of rotatable bonds is 4. The predicted octanol–water partition coefficient (Wildman–Crippen LogP) is 4.06. The van der Waals surface area contributed by atoms with E-state index in [-0.39, 0.29) is 11.8 Å². The maximum Gasteiger partial charge on any atom is 0.270 e. The van der Waals surface area contributed by atoms with E-state index in [1.54, 1.807) is 37.5 Å². The number of ether oxygens (including phenoxy) is 1. The van der Waals surface area contributed by atoms with Crippen molar-refractivity contribution >= 4 is 57.6 Å². The van der Waals surface area contributed by atoms with Gasteiger partial charge in [0.15, 0.2) is 4.32 Å². The first-order valence-corrected chi connectivity index (χ1v) is 9.00. The molecule has 7 heteroatoms. The summed E-state index contributed by atoms with van der Waals surface area (Å²) in [5, 5.41) is 2.69. The number of thioether (sulfide) groups is 1. The molecular weight excluding hydrogens is 368 g/mol. The van der Waals surface area contributed by atoms with Crippen molar-refractivity contribution in [1.29, 1.82) is 0 Å². The van der Waals surface area contributed by atoms with E-state index in [4.69, 9.17) is 17.0 Å². The number of amides is 2. The SMILES string of the molecule is COc1cccc(/C=C2/SC(=S)N(c3ccc(NC(C)=O)cc3)C2=O)c1. The molecule has 26 heavy (non-hydrogen) atoms. The molecule has 132 valence electrons. The summed E-state index contributed by atoms with van der Waals surface area (Å²) >= 11 is 6.64. The van der Waals surface area contributed by atoms with Gasteiger partial charge in [0, 0.05) is 12.6 Å². The Morgan fingerprint density at radius 1 is 1.23 bits per heavy atom. The van der Waals surface area contributed by atoms with Crippen LogP contribution in [-0.4, -0.2) is 23.2 Å². The third kappa shape index (κ3) is 3.95. The van der Waals surface area contributed by atoms with Crippen LogP contribution in [0, 0.1) is 0 Å². The van der Waals surface area contributed by atoms with Gasteiger partial charge >= 0.3 is 0 Å². The second-order valence-corrected chi connectivity index (χ2v) is 7.20. The van der Waals surface area contributed by atoms with Gasteiger partial charge in [0.25, 0.3) is 5.91 Å². The van der Waals surface area contributed by atoms with E-state index in [1.807, 2.05) is 24.3 Å². The molecule has 2 amide bonds. The lowest BCUT2D eigenvalue weighted by Gasteiger charge is -2.15. The van der Waals surface area contributed by atoms with Crippen LogP contribution in [0.5, 0.6) is 5.75 Å². The summed E-state index contributed by atoms with van der Waals surface area (Å²) in [7, 11) is 1.60. The van der Waals surface area contributed by atoms with Gasteiger partial charge in [-0.1, -0.05) is 36.1 Å². The van der Waals surface area contributed by atoms with Crippen LogP contribution in [0.4, 0.5) is 11.4 Å². The van der Waals surface area contributed by atoms with Crippen LogP contribution in [0.2, 0.25) is 0 Å². The fourth-order valence-corrected chi connectivity index (χ4v) is 3.77. The highest BCUT2D eigenvalue weighted by atomic mass is 32.2. The summed E-state index contributed by atoms with van der Waals surface area (Å²) in [4.78, 5) is 25.9. The zero-order valence-electron chi connectivity index (χ0n) is 14.2. The first-order valence-electron chi connectivity index (χ1n) is 7.77. The number of carbonyl (C=O) groups is 2. The normalized spacial score (nSPS) is 15.5. The second kappa shape index (κ2) is 7.72. The second-order valence-electron chi connectivity index (χ2n) is 5.52. The maximum absolute atomic E-state index is 12.8. The third-order valence-electron chi connectivity index (χ3n) is 3.63. The highest BCUT2D eigenvalue weighted by Crippen LogP contribution is 2.36. The van der Waals surface area contributed by atoms with Gasteiger partial charge in [0.2, 0.25) is 5.91 Å². The number of hydrogen-bond acceptors (Lipinski definition) is 5. The van der Waals surface area contributed by atoms with Gasteiger partial charge in [0.05, 0.1) is 17.7 Å². The molecule has 0 saturated carbocycles. The first kappa shape index (κ1) is 18.2. The van der Waals surface area contributed by atoms with Gasteiger partial charge in [-0.25, -0.2) is 0 Å². The highest BCUT2D eigenvalue weighted by molar-refractivity contribution is 8.27. The van der Waals surface area contributed by atoms with Gasteiger partial charge in [-0.05, 0) is 48.0 Å². The fourth-order valence-electron chi connectivity index (χ4n) is 2.47. The number of nitrogens with zero attached hydrogens (tertiary/aromatic N) is 1. The lowest BCUT2D eigenvalue weighted by Crippen LogP contribution is -2.27. The molecule has 1 N–H and O–H groups in total. The van der Waals surface area contributed by atoms with Crippen molar-refractivity contribution in [3.63, 3.8) is 0 Å². The van der Waals surface area contributed by atoms with Crippen molar-refractivity contribution in [2.24, 2.45) is 0 Å². The number of anilines is 2. The minimum Gasteiger partial charge on any atom is -0.497 e. The van der Waals surface area contributed by atoms with Crippen LogP contribution in [0.15, 0.2) is 53.4 Å². The van der Waals surface area contributed by atoms with Crippen LogP contribution in [0.3, 0.4) is 0 Å². The molecule has 0 spiro atoms. The first-order chi connectivity index (χ1) is 12.5. The smallest absolute Gasteiger partial charge is 0.270 e. The molecule has 1 saturated heterocycles. The molecule has 3 rings (SSSR count). The van der Waals surface area contributed by atoms with E-state index in [1.165, 1.54) is 23.6 Å². The van der Waals surface area contributed by atoms with Crippen molar-refractivity contribution in [3.8, 4) is 5.75 Å². The molecule has 0 aromatic heterocycles. The molecule has 1 aliphatic rings. The van der Waals surface area contributed by atoms with Crippen molar-refractivity contribution in [2.45, 2.75) is 6.92 Å². The molecule has 2 aromatic rings. The van der Waals surface area contributed by atoms with E-state index in [0.717, 1.165) is 11.3 Å². The van der Waals surface area contributed by atoms with Crippen molar-refractivity contribution in [2.75, 3.05) is 17.3 Å². The van der Waals surface area contributed by atoms with Crippen LogP contribution in [0.25, 0.3) is 6.08 Å². The van der Waals surface area contributed by atoms with Crippen LogP contribution in [-0.2, 0) is 9.59 Å². The number of benzene rings is 2. The van der Waals surface area contributed by atoms with Crippen LogP contribution in [0.1, 0.15) is 12.5 Å². The molecule has 0 unspecified atom stereocenters. The molecule has 2 aromatic carbocycles. The Hall–Kier alpha value is -2.64. The highest BCUT2D eigenvalue weighted by Gasteiger charge is 2.33. The molecule has 5 nitrogen and oxygen atoms in total. The Bertz CT molecular complexity index is 907. The Morgan fingerprint density at radius 3 is 2.62 bits per heavy atom.